The lowest BCUT2D eigenvalue weighted by atomic mass is 10.2. The fraction of sp³-hybridized carbons (Fsp3) is 0.417. The molecule has 0 N–H and O–H groups in total. The van der Waals surface area contributed by atoms with E-state index in [1.165, 1.54) is 11.1 Å². The number of hydrogen-bond donors (Lipinski definition) is 1. The maximum atomic E-state index is 4.60. The Morgan fingerprint density at radius 1 is 1.40 bits per heavy atom. The molecule has 0 aliphatic carbocycles. The van der Waals surface area contributed by atoms with Gasteiger partial charge >= 0.3 is 0 Å². The first kappa shape index (κ1) is 10.6. The van der Waals surface area contributed by atoms with Gasteiger partial charge in [-0.2, -0.15) is 12.6 Å². The predicted octanol–water partition coefficient (Wildman–Crippen LogP) is 3.18. The molecular weight excluding hydrogens is 204 g/mol. The van der Waals surface area contributed by atoms with Crippen LogP contribution in [0.4, 0.5) is 0 Å². The molecule has 0 atom stereocenters. The van der Waals surface area contributed by atoms with Gasteiger partial charge in [-0.1, -0.05) is 13.0 Å². The highest BCUT2D eigenvalue weighted by atomic mass is 32.1. The van der Waals surface area contributed by atoms with Gasteiger partial charge in [-0.3, -0.25) is 0 Å². The number of benzene rings is 1. The number of hydrogen-bond acceptors (Lipinski definition) is 2. The summed E-state index contributed by atoms with van der Waals surface area (Å²) < 4.78 is 2.27. The van der Waals surface area contributed by atoms with Gasteiger partial charge in [0.25, 0.3) is 0 Å². The highest BCUT2D eigenvalue weighted by Crippen LogP contribution is 2.19. The highest BCUT2D eigenvalue weighted by Gasteiger charge is 2.08. The van der Waals surface area contributed by atoms with Crippen LogP contribution < -0.4 is 0 Å². The van der Waals surface area contributed by atoms with E-state index >= 15 is 0 Å². The Bertz CT molecular complexity index is 474. The van der Waals surface area contributed by atoms with Gasteiger partial charge in [0.05, 0.1) is 11.0 Å². The van der Waals surface area contributed by atoms with E-state index in [0.717, 1.165) is 24.3 Å². The maximum Gasteiger partial charge on any atom is 0.119 e. The van der Waals surface area contributed by atoms with Crippen LogP contribution in [-0.4, -0.2) is 9.55 Å². The molecule has 2 nitrogen and oxygen atoms in total. The molecule has 0 aliphatic rings. The summed E-state index contributed by atoms with van der Waals surface area (Å²) in [4.78, 5) is 4.60. The minimum absolute atomic E-state index is 0.702. The van der Waals surface area contributed by atoms with Gasteiger partial charge in [0, 0.05) is 12.3 Å². The van der Waals surface area contributed by atoms with E-state index in [4.69, 9.17) is 0 Å². The summed E-state index contributed by atoms with van der Waals surface area (Å²) in [5.74, 6) is 1.77. The van der Waals surface area contributed by atoms with Crippen molar-refractivity contribution in [3.63, 3.8) is 0 Å². The minimum atomic E-state index is 0.702. The van der Waals surface area contributed by atoms with Crippen molar-refractivity contribution >= 4 is 23.7 Å². The van der Waals surface area contributed by atoms with Gasteiger partial charge in [-0.25, -0.2) is 4.98 Å². The normalized spacial score (nSPS) is 11.1. The van der Waals surface area contributed by atoms with E-state index in [2.05, 4.69) is 54.2 Å². The van der Waals surface area contributed by atoms with Crippen LogP contribution in [-0.2, 0) is 12.3 Å². The number of fused-ring (bicyclic) bond motifs is 1. The molecule has 0 saturated heterocycles. The molecule has 0 spiro atoms. The van der Waals surface area contributed by atoms with E-state index in [9.17, 15) is 0 Å². The van der Waals surface area contributed by atoms with Crippen molar-refractivity contribution in [2.24, 2.45) is 0 Å². The summed E-state index contributed by atoms with van der Waals surface area (Å²) in [7, 11) is 0. The lowest BCUT2D eigenvalue weighted by Gasteiger charge is -2.05. The number of thiol groups is 1. The summed E-state index contributed by atoms with van der Waals surface area (Å²) in [6.45, 7) is 5.30. The molecule has 1 aromatic heterocycles. The molecular formula is C12H16N2S. The van der Waals surface area contributed by atoms with E-state index in [0.29, 0.717) is 5.75 Å². The lowest BCUT2D eigenvalue weighted by Crippen LogP contribution is -2.01. The lowest BCUT2D eigenvalue weighted by molar-refractivity contribution is 0.673. The quantitative estimate of drug-likeness (QED) is 0.787. The first-order chi connectivity index (χ1) is 7.26. The second-order valence-corrected chi connectivity index (χ2v) is 4.15. The van der Waals surface area contributed by atoms with Crippen LogP contribution in [0.2, 0.25) is 0 Å². The van der Waals surface area contributed by atoms with Gasteiger partial charge in [0.1, 0.15) is 5.82 Å². The Hall–Kier alpha value is -0.960. The molecule has 2 aromatic rings. The summed E-state index contributed by atoms with van der Waals surface area (Å²) >= 11 is 4.33. The second-order valence-electron chi connectivity index (χ2n) is 3.83. The Kier molecular flexibility index (Phi) is 3.00. The van der Waals surface area contributed by atoms with Crippen molar-refractivity contribution in [3.05, 3.63) is 29.6 Å². The summed E-state index contributed by atoms with van der Waals surface area (Å²) in [5.41, 5.74) is 3.58. The SMILES string of the molecule is CCCn1c(CS)nc2cc(C)ccc21. The molecule has 0 bridgehead atoms. The highest BCUT2D eigenvalue weighted by molar-refractivity contribution is 7.79. The third-order valence-corrected chi connectivity index (χ3v) is 2.85. The van der Waals surface area contributed by atoms with E-state index in [1.54, 1.807) is 0 Å². The molecule has 0 saturated carbocycles. The van der Waals surface area contributed by atoms with Crippen LogP contribution in [0.1, 0.15) is 24.7 Å². The zero-order valence-electron chi connectivity index (χ0n) is 9.20. The smallest absolute Gasteiger partial charge is 0.119 e. The van der Waals surface area contributed by atoms with E-state index < -0.39 is 0 Å². The molecule has 80 valence electrons. The van der Waals surface area contributed by atoms with Gasteiger partial charge in [-0.15, -0.1) is 0 Å². The third kappa shape index (κ3) is 1.88. The van der Waals surface area contributed by atoms with Crippen LogP contribution in [0, 0.1) is 6.92 Å². The number of rotatable bonds is 3. The summed E-state index contributed by atoms with van der Waals surface area (Å²) in [6.07, 6.45) is 1.13. The molecule has 15 heavy (non-hydrogen) atoms. The van der Waals surface area contributed by atoms with Crippen LogP contribution >= 0.6 is 12.6 Å². The average Bonchev–Trinajstić information content (AvgIpc) is 2.56. The first-order valence-corrected chi connectivity index (χ1v) is 5.96. The monoisotopic (exact) mass is 220 g/mol. The van der Waals surface area contributed by atoms with E-state index in [1.807, 2.05) is 0 Å². The number of aryl methyl sites for hydroxylation is 2. The minimum Gasteiger partial charge on any atom is -0.327 e. The van der Waals surface area contributed by atoms with Gasteiger partial charge < -0.3 is 4.57 Å². The zero-order valence-corrected chi connectivity index (χ0v) is 10.1. The van der Waals surface area contributed by atoms with Crippen molar-refractivity contribution < 1.29 is 0 Å². The molecule has 0 unspecified atom stereocenters. The molecule has 2 rings (SSSR count). The van der Waals surface area contributed by atoms with Gasteiger partial charge in [0.2, 0.25) is 0 Å². The number of imidazole rings is 1. The van der Waals surface area contributed by atoms with Crippen LogP contribution in [0.3, 0.4) is 0 Å². The van der Waals surface area contributed by atoms with Crippen LogP contribution in [0.25, 0.3) is 11.0 Å². The molecule has 1 heterocycles. The van der Waals surface area contributed by atoms with Crippen molar-refractivity contribution in [1.82, 2.24) is 9.55 Å². The molecule has 1 aromatic carbocycles. The molecule has 0 aliphatic heterocycles. The van der Waals surface area contributed by atoms with Crippen molar-refractivity contribution in [2.45, 2.75) is 32.6 Å². The fourth-order valence-corrected chi connectivity index (χ4v) is 2.12. The average molecular weight is 220 g/mol. The van der Waals surface area contributed by atoms with Crippen molar-refractivity contribution in [3.8, 4) is 0 Å². The number of nitrogens with zero attached hydrogens (tertiary/aromatic N) is 2. The predicted molar refractivity (Wildman–Crippen MR) is 67.5 cm³/mol. The standard InChI is InChI=1S/C12H16N2S/c1-3-6-14-11-5-4-9(2)7-10(11)13-12(14)8-15/h4-5,7,15H,3,6,8H2,1-2H3. The van der Waals surface area contributed by atoms with Gasteiger partial charge in [0.15, 0.2) is 0 Å². The Labute approximate surface area is 95.7 Å². The molecule has 3 heteroatoms. The topological polar surface area (TPSA) is 17.8 Å². The number of aromatic nitrogens is 2. The Morgan fingerprint density at radius 3 is 2.87 bits per heavy atom. The van der Waals surface area contributed by atoms with E-state index in [-0.39, 0.29) is 0 Å². The van der Waals surface area contributed by atoms with Crippen molar-refractivity contribution in [1.29, 1.82) is 0 Å². The molecule has 0 radical (unpaired) electrons. The largest absolute Gasteiger partial charge is 0.327 e. The summed E-state index contributed by atoms with van der Waals surface area (Å²) in [6, 6.07) is 6.42. The first-order valence-electron chi connectivity index (χ1n) is 5.33. The van der Waals surface area contributed by atoms with Crippen LogP contribution in [0.15, 0.2) is 18.2 Å². The maximum absolute atomic E-state index is 4.60. The Balaban J connectivity index is 2.63. The Morgan fingerprint density at radius 2 is 2.20 bits per heavy atom. The molecule has 0 fully saturated rings. The second kappa shape index (κ2) is 4.27. The zero-order chi connectivity index (χ0) is 10.8. The van der Waals surface area contributed by atoms with Gasteiger partial charge in [-0.05, 0) is 31.0 Å². The fourth-order valence-electron chi connectivity index (χ4n) is 1.88. The summed E-state index contributed by atoms with van der Waals surface area (Å²) in [5, 5.41) is 0. The third-order valence-electron chi connectivity index (χ3n) is 2.57. The van der Waals surface area contributed by atoms with Crippen molar-refractivity contribution in [2.75, 3.05) is 0 Å². The molecule has 0 amide bonds. The van der Waals surface area contributed by atoms with Crippen LogP contribution in [0.5, 0.6) is 0 Å².